The van der Waals surface area contributed by atoms with Gasteiger partial charge in [-0.2, -0.15) is 0 Å². The standard InChI is InChI=1S/C49H39N/c1-49(2)46-22-12-11-20-42(46)43-28-27-36(31-47(43)49)50(48-30-34-14-4-6-16-38(34)40-18-9-10-21-44(40)48)35-25-23-32(24-26-35)45-29-33-13-3-5-15-37(33)39-17-7-8-19-41(39)45/h3-4,6,8-14,16,18-31H,5,7,15,17H2,1-2H3. The van der Waals surface area contributed by atoms with Crippen LogP contribution in [0.15, 0.2) is 140 Å². The topological polar surface area (TPSA) is 3.24 Å². The summed E-state index contributed by atoms with van der Waals surface area (Å²) < 4.78 is 0. The summed E-state index contributed by atoms with van der Waals surface area (Å²) in [7, 11) is 0. The van der Waals surface area contributed by atoms with Gasteiger partial charge in [0.2, 0.25) is 0 Å². The molecule has 0 spiro atoms. The van der Waals surface area contributed by atoms with Gasteiger partial charge in [-0.05, 0) is 134 Å². The molecule has 240 valence electrons. The van der Waals surface area contributed by atoms with E-state index in [1.165, 1.54) is 77.4 Å². The molecule has 7 aromatic rings. The van der Waals surface area contributed by atoms with Crippen LogP contribution < -0.4 is 4.90 Å². The molecule has 0 atom stereocenters. The lowest BCUT2D eigenvalue weighted by Crippen LogP contribution is -2.16. The minimum Gasteiger partial charge on any atom is -0.310 e. The summed E-state index contributed by atoms with van der Waals surface area (Å²) in [5, 5.41) is 5.06. The second kappa shape index (κ2) is 11.2. The number of rotatable bonds is 4. The number of hydrogen-bond acceptors (Lipinski definition) is 1. The van der Waals surface area contributed by atoms with E-state index < -0.39 is 0 Å². The minimum absolute atomic E-state index is 0.0869. The molecule has 50 heavy (non-hydrogen) atoms. The van der Waals surface area contributed by atoms with Crippen LogP contribution in [-0.2, 0) is 18.3 Å². The maximum Gasteiger partial charge on any atom is 0.0546 e. The van der Waals surface area contributed by atoms with Gasteiger partial charge >= 0.3 is 0 Å². The monoisotopic (exact) mass is 641 g/mol. The molecule has 1 nitrogen and oxygen atoms in total. The van der Waals surface area contributed by atoms with E-state index in [0.717, 1.165) is 31.4 Å². The summed E-state index contributed by atoms with van der Waals surface area (Å²) >= 11 is 0. The zero-order valence-electron chi connectivity index (χ0n) is 28.7. The van der Waals surface area contributed by atoms with E-state index in [9.17, 15) is 0 Å². The molecule has 0 heterocycles. The van der Waals surface area contributed by atoms with E-state index >= 15 is 0 Å². The first-order valence-corrected chi connectivity index (χ1v) is 18.1. The van der Waals surface area contributed by atoms with Crippen molar-refractivity contribution in [1.82, 2.24) is 0 Å². The molecule has 0 amide bonds. The number of nitrogens with zero attached hydrogens (tertiary/aromatic N) is 1. The minimum atomic E-state index is -0.0869. The predicted octanol–water partition coefficient (Wildman–Crippen LogP) is 13.4. The Morgan fingerprint density at radius 1 is 0.520 bits per heavy atom. The van der Waals surface area contributed by atoms with Gasteiger partial charge in [0.1, 0.15) is 0 Å². The fourth-order valence-electron chi connectivity index (χ4n) is 9.11. The van der Waals surface area contributed by atoms with Crippen molar-refractivity contribution < 1.29 is 0 Å². The van der Waals surface area contributed by atoms with Crippen LogP contribution in [0.5, 0.6) is 0 Å². The highest BCUT2D eigenvalue weighted by Gasteiger charge is 2.36. The molecule has 0 bridgehead atoms. The Balaban J connectivity index is 1.18. The molecular formula is C49H39N. The maximum atomic E-state index is 2.49. The van der Waals surface area contributed by atoms with Crippen molar-refractivity contribution in [2.45, 2.75) is 44.9 Å². The highest BCUT2D eigenvalue weighted by atomic mass is 15.1. The van der Waals surface area contributed by atoms with E-state index in [1.54, 1.807) is 11.1 Å². The van der Waals surface area contributed by atoms with Gasteiger partial charge in [0, 0.05) is 22.2 Å². The van der Waals surface area contributed by atoms with Gasteiger partial charge < -0.3 is 4.90 Å². The number of fused-ring (bicyclic) bond motifs is 9. The van der Waals surface area contributed by atoms with Gasteiger partial charge in [0.25, 0.3) is 0 Å². The van der Waals surface area contributed by atoms with Crippen LogP contribution in [-0.4, -0.2) is 0 Å². The van der Waals surface area contributed by atoms with Crippen molar-refractivity contribution in [3.05, 3.63) is 173 Å². The van der Waals surface area contributed by atoms with Gasteiger partial charge in [-0.25, -0.2) is 0 Å². The van der Waals surface area contributed by atoms with Crippen molar-refractivity contribution in [2.75, 3.05) is 4.90 Å². The van der Waals surface area contributed by atoms with Crippen molar-refractivity contribution in [3.63, 3.8) is 0 Å². The number of allylic oxidation sites excluding steroid dienone is 2. The van der Waals surface area contributed by atoms with Gasteiger partial charge in [0.05, 0.1) is 5.69 Å². The van der Waals surface area contributed by atoms with Crippen LogP contribution in [0.2, 0.25) is 0 Å². The highest BCUT2D eigenvalue weighted by Crippen LogP contribution is 2.51. The fraction of sp³-hybridized carbons (Fsp3) is 0.143. The predicted molar refractivity (Wildman–Crippen MR) is 214 cm³/mol. The zero-order chi connectivity index (χ0) is 33.4. The van der Waals surface area contributed by atoms with Gasteiger partial charge in [-0.15, -0.1) is 0 Å². The summed E-state index contributed by atoms with van der Waals surface area (Å²) in [4.78, 5) is 2.49. The molecule has 0 saturated heterocycles. The summed E-state index contributed by atoms with van der Waals surface area (Å²) in [6.07, 6.45) is 14.0. The Kier molecular flexibility index (Phi) is 6.55. The third-order valence-corrected chi connectivity index (χ3v) is 11.6. The SMILES string of the molecule is CC1(C)c2ccccc2-c2ccc(N(c3ccc(-c4cc5c(c6c4C=CCC6)CCC=C5)cc3)c3cc4ccccc4c4ccccc34)cc21. The van der Waals surface area contributed by atoms with Crippen LogP contribution in [0.25, 0.3) is 56.0 Å². The van der Waals surface area contributed by atoms with E-state index in [2.05, 4.69) is 170 Å². The average molecular weight is 642 g/mol. The van der Waals surface area contributed by atoms with Crippen LogP contribution in [0, 0.1) is 0 Å². The molecule has 7 aromatic carbocycles. The first-order valence-electron chi connectivity index (χ1n) is 18.1. The fourth-order valence-corrected chi connectivity index (χ4v) is 9.11. The molecule has 3 aliphatic carbocycles. The quantitative estimate of drug-likeness (QED) is 0.173. The third kappa shape index (κ3) is 4.39. The molecule has 10 rings (SSSR count). The van der Waals surface area contributed by atoms with Crippen molar-refractivity contribution in [2.24, 2.45) is 0 Å². The van der Waals surface area contributed by atoms with Crippen molar-refractivity contribution >= 4 is 50.8 Å². The molecule has 1 heteroatoms. The van der Waals surface area contributed by atoms with Crippen LogP contribution in [0.4, 0.5) is 17.1 Å². The van der Waals surface area contributed by atoms with E-state index in [-0.39, 0.29) is 5.41 Å². The van der Waals surface area contributed by atoms with Crippen LogP contribution in [0.3, 0.4) is 0 Å². The van der Waals surface area contributed by atoms with Crippen LogP contribution in [0.1, 0.15) is 60.1 Å². The van der Waals surface area contributed by atoms with Crippen molar-refractivity contribution in [3.8, 4) is 22.3 Å². The number of benzene rings is 7. The van der Waals surface area contributed by atoms with Gasteiger partial charge in [-0.3, -0.25) is 0 Å². The molecule has 0 radical (unpaired) electrons. The Bertz CT molecular complexity index is 2560. The second-order valence-electron chi connectivity index (χ2n) is 14.7. The lowest BCUT2D eigenvalue weighted by Gasteiger charge is -2.30. The van der Waals surface area contributed by atoms with Gasteiger partial charge in [-0.1, -0.05) is 129 Å². The Hall–Kier alpha value is -5.66. The molecular weight excluding hydrogens is 603 g/mol. The van der Waals surface area contributed by atoms with E-state index in [1.807, 2.05) is 0 Å². The molecule has 0 unspecified atom stereocenters. The molecule has 0 saturated carbocycles. The summed E-state index contributed by atoms with van der Waals surface area (Å²) in [5.41, 5.74) is 17.4. The molecule has 0 aliphatic heterocycles. The summed E-state index contributed by atoms with van der Waals surface area (Å²) in [5.74, 6) is 0. The average Bonchev–Trinajstić information content (AvgIpc) is 3.40. The normalized spacial score (nSPS) is 15.1. The smallest absolute Gasteiger partial charge is 0.0546 e. The Morgan fingerprint density at radius 3 is 2.06 bits per heavy atom. The van der Waals surface area contributed by atoms with E-state index in [4.69, 9.17) is 0 Å². The lowest BCUT2D eigenvalue weighted by atomic mass is 9.81. The second-order valence-corrected chi connectivity index (χ2v) is 14.7. The van der Waals surface area contributed by atoms with Crippen LogP contribution >= 0.6 is 0 Å². The largest absolute Gasteiger partial charge is 0.310 e. The maximum absolute atomic E-state index is 2.49. The molecule has 0 fully saturated rings. The van der Waals surface area contributed by atoms with Gasteiger partial charge in [0.15, 0.2) is 0 Å². The Labute approximate surface area is 294 Å². The third-order valence-electron chi connectivity index (χ3n) is 11.6. The molecule has 0 aromatic heterocycles. The summed E-state index contributed by atoms with van der Waals surface area (Å²) in [6.45, 7) is 4.74. The molecule has 0 N–H and O–H groups in total. The summed E-state index contributed by atoms with van der Waals surface area (Å²) in [6, 6.07) is 47.9. The highest BCUT2D eigenvalue weighted by molar-refractivity contribution is 6.14. The zero-order valence-corrected chi connectivity index (χ0v) is 28.7. The first-order chi connectivity index (χ1) is 24.6. The lowest BCUT2D eigenvalue weighted by molar-refractivity contribution is 0.660. The number of anilines is 3. The number of hydrogen-bond donors (Lipinski definition) is 0. The Morgan fingerprint density at radius 2 is 1.20 bits per heavy atom. The van der Waals surface area contributed by atoms with E-state index in [0.29, 0.717) is 0 Å². The van der Waals surface area contributed by atoms with Crippen molar-refractivity contribution in [1.29, 1.82) is 0 Å². The molecule has 3 aliphatic rings. The first kappa shape index (κ1) is 29.3.